The number of amides is 3. The average Bonchev–Trinajstić information content (AvgIpc) is 2.67. The third-order valence-electron chi connectivity index (χ3n) is 5.05. The molecule has 0 radical (unpaired) electrons. The Labute approximate surface area is 164 Å². The van der Waals surface area contributed by atoms with Crippen molar-refractivity contribution in [3.8, 4) is 0 Å². The zero-order chi connectivity index (χ0) is 19.9. The van der Waals surface area contributed by atoms with Gasteiger partial charge in [-0.1, -0.05) is 82.7 Å². The summed E-state index contributed by atoms with van der Waals surface area (Å²) in [5.41, 5.74) is 6.76. The number of carbonyl (C=O) groups is 2. The summed E-state index contributed by atoms with van der Waals surface area (Å²) < 4.78 is 0. The van der Waals surface area contributed by atoms with Gasteiger partial charge in [0.25, 0.3) is 0 Å². The molecule has 1 rings (SSSR count). The minimum absolute atomic E-state index is 0.105. The van der Waals surface area contributed by atoms with Gasteiger partial charge in [-0.05, 0) is 24.3 Å². The van der Waals surface area contributed by atoms with E-state index in [9.17, 15) is 9.59 Å². The molecule has 0 saturated heterocycles. The molecule has 0 fully saturated rings. The third kappa shape index (κ3) is 10.0. The monoisotopic (exact) mass is 375 g/mol. The summed E-state index contributed by atoms with van der Waals surface area (Å²) >= 11 is 0. The van der Waals surface area contributed by atoms with Crippen LogP contribution in [0.2, 0.25) is 0 Å². The molecule has 3 amide bonds. The van der Waals surface area contributed by atoms with Crippen molar-refractivity contribution >= 4 is 11.9 Å². The quantitative estimate of drug-likeness (QED) is 0.422. The van der Waals surface area contributed by atoms with Crippen molar-refractivity contribution in [3.05, 3.63) is 35.9 Å². The largest absolute Gasteiger partial charge is 0.369 e. The molecule has 0 aliphatic heterocycles. The Kier molecular flexibility index (Phi) is 12.0. The van der Waals surface area contributed by atoms with Crippen LogP contribution in [0, 0.1) is 11.8 Å². The molecule has 2 atom stereocenters. The van der Waals surface area contributed by atoms with Crippen LogP contribution in [0.15, 0.2) is 30.3 Å². The van der Waals surface area contributed by atoms with Crippen LogP contribution in [-0.2, 0) is 11.3 Å². The Bertz CT molecular complexity index is 534. The fraction of sp³-hybridized carbons (Fsp3) is 0.636. The molecule has 0 aromatic heterocycles. The van der Waals surface area contributed by atoms with Gasteiger partial charge in [0, 0.05) is 19.0 Å². The van der Waals surface area contributed by atoms with Crippen molar-refractivity contribution < 1.29 is 9.59 Å². The highest BCUT2D eigenvalue weighted by molar-refractivity contribution is 5.77. The number of hydrogen-bond donors (Lipinski definition) is 3. The lowest BCUT2D eigenvalue weighted by atomic mass is 9.83. The standard InChI is InChI=1S/C22H37N3O2/c1-3-5-8-14-19(20(21(23)26)15-9-6-4-2)17-25-22(27)24-16-18-12-10-7-11-13-18/h7,10-13,19-20H,3-6,8-9,14-17H2,1-2H3,(H2,23,26)(H2,24,25,27). The van der Waals surface area contributed by atoms with Gasteiger partial charge in [0.1, 0.15) is 0 Å². The van der Waals surface area contributed by atoms with E-state index in [0.29, 0.717) is 13.1 Å². The Morgan fingerprint density at radius 3 is 2.15 bits per heavy atom. The van der Waals surface area contributed by atoms with Crippen LogP contribution in [-0.4, -0.2) is 18.5 Å². The number of nitrogens with one attached hydrogen (secondary N) is 2. The lowest BCUT2D eigenvalue weighted by Gasteiger charge is -2.25. The second-order valence-electron chi connectivity index (χ2n) is 7.31. The second kappa shape index (κ2) is 14.1. The van der Waals surface area contributed by atoms with E-state index >= 15 is 0 Å². The van der Waals surface area contributed by atoms with Crippen molar-refractivity contribution in [2.45, 2.75) is 71.8 Å². The first-order valence-corrected chi connectivity index (χ1v) is 10.4. The van der Waals surface area contributed by atoms with Crippen LogP contribution < -0.4 is 16.4 Å². The maximum absolute atomic E-state index is 12.2. The molecule has 0 aliphatic carbocycles. The molecule has 1 aromatic rings. The normalized spacial score (nSPS) is 13.0. The Balaban J connectivity index is 2.55. The van der Waals surface area contributed by atoms with Gasteiger partial charge in [0.15, 0.2) is 0 Å². The first kappa shape index (κ1) is 23.0. The molecule has 5 nitrogen and oxygen atoms in total. The van der Waals surface area contributed by atoms with Crippen LogP contribution in [0.4, 0.5) is 4.79 Å². The molecule has 5 heteroatoms. The average molecular weight is 376 g/mol. The zero-order valence-electron chi connectivity index (χ0n) is 17.0. The Morgan fingerprint density at radius 1 is 0.926 bits per heavy atom. The first-order valence-electron chi connectivity index (χ1n) is 10.4. The SMILES string of the molecule is CCCCCC(CNC(=O)NCc1ccccc1)C(CCCCC)C(N)=O. The van der Waals surface area contributed by atoms with Crippen molar-refractivity contribution in [1.29, 1.82) is 0 Å². The van der Waals surface area contributed by atoms with Crippen LogP contribution in [0.3, 0.4) is 0 Å². The fourth-order valence-electron chi connectivity index (χ4n) is 3.39. The molecule has 0 saturated carbocycles. The number of carbonyl (C=O) groups excluding carboxylic acids is 2. The minimum atomic E-state index is -0.237. The lowest BCUT2D eigenvalue weighted by molar-refractivity contribution is -0.123. The molecular formula is C22H37N3O2. The molecule has 0 heterocycles. The second-order valence-corrected chi connectivity index (χ2v) is 7.31. The molecule has 0 spiro atoms. The summed E-state index contributed by atoms with van der Waals surface area (Å²) in [6.45, 7) is 5.29. The van der Waals surface area contributed by atoms with E-state index in [1.54, 1.807) is 0 Å². The molecule has 152 valence electrons. The number of urea groups is 1. The highest BCUT2D eigenvalue weighted by atomic mass is 16.2. The van der Waals surface area contributed by atoms with Crippen molar-refractivity contribution in [2.24, 2.45) is 17.6 Å². The third-order valence-corrected chi connectivity index (χ3v) is 5.05. The summed E-state index contributed by atoms with van der Waals surface area (Å²) in [6.07, 6.45) is 8.30. The van der Waals surface area contributed by atoms with E-state index in [1.165, 1.54) is 0 Å². The number of benzene rings is 1. The van der Waals surface area contributed by atoms with Gasteiger partial charge in [0.2, 0.25) is 5.91 Å². The van der Waals surface area contributed by atoms with E-state index in [4.69, 9.17) is 5.73 Å². The summed E-state index contributed by atoms with van der Waals surface area (Å²) in [4.78, 5) is 24.2. The molecule has 4 N–H and O–H groups in total. The van der Waals surface area contributed by atoms with E-state index in [1.807, 2.05) is 30.3 Å². The molecule has 2 unspecified atom stereocenters. The zero-order valence-corrected chi connectivity index (χ0v) is 17.0. The van der Waals surface area contributed by atoms with Gasteiger partial charge < -0.3 is 16.4 Å². The van der Waals surface area contributed by atoms with E-state index in [0.717, 1.165) is 56.9 Å². The summed E-state index contributed by atoms with van der Waals surface area (Å²) in [5.74, 6) is -0.296. The Hall–Kier alpha value is -2.04. The van der Waals surface area contributed by atoms with Crippen LogP contribution in [0.25, 0.3) is 0 Å². The van der Waals surface area contributed by atoms with Crippen LogP contribution in [0.1, 0.15) is 70.8 Å². The maximum atomic E-state index is 12.2. The van der Waals surface area contributed by atoms with Crippen molar-refractivity contribution in [2.75, 3.05) is 6.54 Å². The van der Waals surface area contributed by atoms with Crippen LogP contribution >= 0.6 is 0 Å². The lowest BCUT2D eigenvalue weighted by Crippen LogP contribution is -2.42. The highest BCUT2D eigenvalue weighted by Gasteiger charge is 2.26. The predicted octanol–water partition coefficient (Wildman–Crippen LogP) is 4.36. The van der Waals surface area contributed by atoms with E-state index < -0.39 is 0 Å². The van der Waals surface area contributed by atoms with Gasteiger partial charge in [-0.25, -0.2) is 4.79 Å². The number of hydrogen-bond acceptors (Lipinski definition) is 2. The summed E-state index contributed by atoms with van der Waals surface area (Å²) in [7, 11) is 0. The number of rotatable bonds is 14. The number of unbranched alkanes of at least 4 members (excludes halogenated alkanes) is 4. The smallest absolute Gasteiger partial charge is 0.315 e. The highest BCUT2D eigenvalue weighted by Crippen LogP contribution is 2.24. The van der Waals surface area contributed by atoms with Gasteiger partial charge in [-0.15, -0.1) is 0 Å². The summed E-state index contributed by atoms with van der Waals surface area (Å²) in [5, 5.41) is 5.82. The first-order chi connectivity index (χ1) is 13.1. The van der Waals surface area contributed by atoms with Crippen molar-refractivity contribution in [3.63, 3.8) is 0 Å². The van der Waals surface area contributed by atoms with Gasteiger partial charge in [0.05, 0.1) is 0 Å². The summed E-state index contributed by atoms with van der Waals surface area (Å²) in [6, 6.07) is 9.61. The maximum Gasteiger partial charge on any atom is 0.315 e. The molecule has 1 aromatic carbocycles. The predicted molar refractivity (Wildman–Crippen MR) is 111 cm³/mol. The van der Waals surface area contributed by atoms with Gasteiger partial charge in [-0.3, -0.25) is 4.79 Å². The molecule has 0 bridgehead atoms. The minimum Gasteiger partial charge on any atom is -0.369 e. The number of nitrogens with two attached hydrogens (primary N) is 1. The van der Waals surface area contributed by atoms with Crippen LogP contribution in [0.5, 0.6) is 0 Å². The van der Waals surface area contributed by atoms with Gasteiger partial charge >= 0.3 is 6.03 Å². The topological polar surface area (TPSA) is 84.2 Å². The van der Waals surface area contributed by atoms with E-state index in [2.05, 4.69) is 24.5 Å². The van der Waals surface area contributed by atoms with Crippen molar-refractivity contribution in [1.82, 2.24) is 10.6 Å². The molecule has 27 heavy (non-hydrogen) atoms. The fourth-order valence-corrected chi connectivity index (χ4v) is 3.39. The number of primary amides is 1. The molecular weight excluding hydrogens is 338 g/mol. The molecule has 0 aliphatic rings. The van der Waals surface area contributed by atoms with Gasteiger partial charge in [-0.2, -0.15) is 0 Å². The Morgan fingerprint density at radius 2 is 1.56 bits per heavy atom. The van der Waals surface area contributed by atoms with E-state index in [-0.39, 0.29) is 23.8 Å².